The molecule has 9 heteroatoms. The van der Waals surface area contributed by atoms with Crippen LogP contribution in [0.2, 0.25) is 5.02 Å². The number of hydrogen-bond acceptors (Lipinski definition) is 5. The van der Waals surface area contributed by atoms with E-state index in [4.69, 9.17) is 21.5 Å². The summed E-state index contributed by atoms with van der Waals surface area (Å²) in [6.07, 6.45) is -1.04. The number of amides is 1. The molecule has 0 spiro atoms. The van der Waals surface area contributed by atoms with Gasteiger partial charge >= 0.3 is 0 Å². The van der Waals surface area contributed by atoms with Gasteiger partial charge in [-0.25, -0.2) is 13.6 Å². The predicted molar refractivity (Wildman–Crippen MR) is 136 cm³/mol. The molecule has 0 fully saturated rings. The summed E-state index contributed by atoms with van der Waals surface area (Å²) in [4.78, 5) is 12.5. The number of ether oxygens (including phenoxy) is 1. The van der Waals surface area contributed by atoms with Gasteiger partial charge in [-0.05, 0) is 65.2 Å². The van der Waals surface area contributed by atoms with Crippen LogP contribution in [0.1, 0.15) is 22.8 Å². The molecule has 4 N–H and O–H groups in total. The Labute approximate surface area is 208 Å². The van der Waals surface area contributed by atoms with E-state index in [0.29, 0.717) is 33.1 Å². The highest BCUT2D eigenvalue weighted by Crippen LogP contribution is 2.35. The summed E-state index contributed by atoms with van der Waals surface area (Å²) >= 11 is 6.20. The van der Waals surface area contributed by atoms with Gasteiger partial charge in [-0.2, -0.15) is 0 Å². The molecule has 7 nitrogen and oxygen atoms in total. The van der Waals surface area contributed by atoms with Crippen molar-refractivity contribution in [1.29, 1.82) is 0 Å². The summed E-state index contributed by atoms with van der Waals surface area (Å²) in [5, 5.41) is 21.4. The molecule has 1 atom stereocenters. The molecule has 4 rings (SSSR count). The number of halogens is 1. The number of aliphatic hydroxyl groups excluding tert-OH is 1. The molecule has 0 radical (unpaired) electrons. The van der Waals surface area contributed by atoms with Crippen LogP contribution in [0.15, 0.2) is 83.8 Å². The number of primary sulfonamides is 1. The molecule has 0 aliphatic heterocycles. The lowest BCUT2D eigenvalue weighted by Gasteiger charge is -2.19. The van der Waals surface area contributed by atoms with Crippen molar-refractivity contribution in [3.05, 3.63) is 101 Å². The minimum Gasteiger partial charge on any atom is -0.483 e. The average molecular weight is 511 g/mol. The topological polar surface area (TPSA) is 119 Å². The quantitative estimate of drug-likeness (QED) is 0.337. The minimum absolute atomic E-state index is 0.0440. The van der Waals surface area contributed by atoms with Crippen molar-refractivity contribution < 1.29 is 23.1 Å². The summed E-state index contributed by atoms with van der Waals surface area (Å²) in [6, 6.07) is 22.4. The lowest BCUT2D eigenvalue weighted by Crippen LogP contribution is -2.21. The molecule has 0 saturated carbocycles. The number of nitrogens with two attached hydrogens (primary N) is 1. The number of rotatable bonds is 7. The van der Waals surface area contributed by atoms with Crippen LogP contribution in [-0.4, -0.2) is 26.0 Å². The van der Waals surface area contributed by atoms with Crippen molar-refractivity contribution in [3.63, 3.8) is 0 Å². The van der Waals surface area contributed by atoms with Gasteiger partial charge in [-0.1, -0.05) is 54.1 Å². The van der Waals surface area contributed by atoms with E-state index in [-0.39, 0.29) is 11.5 Å². The van der Waals surface area contributed by atoms with E-state index in [1.807, 2.05) is 42.5 Å². The molecule has 4 aromatic carbocycles. The molecule has 0 aliphatic rings. The zero-order valence-corrected chi connectivity index (χ0v) is 20.3. The van der Waals surface area contributed by atoms with E-state index in [1.54, 1.807) is 25.1 Å². The van der Waals surface area contributed by atoms with Gasteiger partial charge in [-0.3, -0.25) is 4.79 Å². The average Bonchev–Trinajstić information content (AvgIpc) is 2.83. The molecule has 35 heavy (non-hydrogen) atoms. The first-order valence-electron chi connectivity index (χ1n) is 10.6. The Balaban J connectivity index is 1.53. The van der Waals surface area contributed by atoms with E-state index < -0.39 is 22.0 Å². The number of aryl methyl sites for hydroxylation is 1. The van der Waals surface area contributed by atoms with Crippen LogP contribution >= 0.6 is 11.6 Å². The number of anilines is 1. The van der Waals surface area contributed by atoms with Crippen molar-refractivity contribution in [2.24, 2.45) is 5.14 Å². The Morgan fingerprint density at radius 2 is 1.77 bits per heavy atom. The molecule has 4 aromatic rings. The van der Waals surface area contributed by atoms with Gasteiger partial charge in [0.2, 0.25) is 10.0 Å². The molecule has 0 aromatic heterocycles. The van der Waals surface area contributed by atoms with Gasteiger partial charge < -0.3 is 15.2 Å². The maximum atomic E-state index is 12.5. The molecular weight excluding hydrogens is 488 g/mol. The molecule has 180 valence electrons. The largest absolute Gasteiger partial charge is 0.483 e. The van der Waals surface area contributed by atoms with Gasteiger partial charge in [0, 0.05) is 16.3 Å². The zero-order valence-electron chi connectivity index (χ0n) is 18.7. The first kappa shape index (κ1) is 24.7. The lowest BCUT2D eigenvalue weighted by molar-refractivity contribution is -0.118. The summed E-state index contributed by atoms with van der Waals surface area (Å²) in [7, 11) is -3.84. The summed E-state index contributed by atoms with van der Waals surface area (Å²) in [6.45, 7) is 1.32. The lowest BCUT2D eigenvalue weighted by atomic mass is 9.95. The fraction of sp³-hybridized carbons (Fsp3) is 0.115. The molecule has 0 aliphatic carbocycles. The number of fused-ring (bicyclic) bond motifs is 1. The first-order chi connectivity index (χ1) is 16.6. The second-order valence-electron chi connectivity index (χ2n) is 8.01. The highest BCUT2D eigenvalue weighted by molar-refractivity contribution is 7.89. The Hall–Kier alpha value is -3.43. The summed E-state index contributed by atoms with van der Waals surface area (Å²) in [5.74, 6) is -0.150. The van der Waals surface area contributed by atoms with E-state index in [9.17, 15) is 18.3 Å². The molecule has 0 heterocycles. The third-order valence-corrected chi connectivity index (χ3v) is 6.69. The molecule has 0 saturated heterocycles. The predicted octanol–water partition coefficient (Wildman–Crippen LogP) is 4.55. The van der Waals surface area contributed by atoms with Crippen LogP contribution in [0.25, 0.3) is 10.8 Å². The zero-order chi connectivity index (χ0) is 25.2. The van der Waals surface area contributed by atoms with Crippen LogP contribution < -0.4 is 15.2 Å². The van der Waals surface area contributed by atoms with Crippen LogP contribution in [0.3, 0.4) is 0 Å². The number of aliphatic hydroxyl groups is 1. The van der Waals surface area contributed by atoms with Crippen LogP contribution in [0.5, 0.6) is 5.75 Å². The van der Waals surface area contributed by atoms with Crippen LogP contribution in [-0.2, 0) is 14.8 Å². The van der Waals surface area contributed by atoms with Crippen molar-refractivity contribution in [3.8, 4) is 5.75 Å². The smallest absolute Gasteiger partial charge is 0.262 e. The first-order valence-corrected chi connectivity index (χ1v) is 12.6. The van der Waals surface area contributed by atoms with Crippen molar-refractivity contribution >= 4 is 44.0 Å². The number of carbonyl (C=O) groups excluding carboxylic acids is 1. The maximum Gasteiger partial charge on any atom is 0.262 e. The van der Waals surface area contributed by atoms with Crippen molar-refractivity contribution in [2.75, 3.05) is 11.9 Å². The number of nitrogens with one attached hydrogen (secondary N) is 1. The second-order valence-corrected chi connectivity index (χ2v) is 10.0. The molecule has 0 bridgehead atoms. The Morgan fingerprint density at radius 1 is 1.03 bits per heavy atom. The number of carbonyl (C=O) groups is 1. The van der Waals surface area contributed by atoms with Crippen molar-refractivity contribution in [2.45, 2.75) is 17.9 Å². The van der Waals surface area contributed by atoms with Gasteiger partial charge in [-0.15, -0.1) is 0 Å². The summed E-state index contributed by atoms with van der Waals surface area (Å²) < 4.78 is 28.8. The monoisotopic (exact) mass is 510 g/mol. The Kier molecular flexibility index (Phi) is 7.09. The number of hydrogen-bond donors (Lipinski definition) is 3. The SMILES string of the molecule is Cc1cc(S(N)(=O)=O)ccc1NC(=O)COc1ccc(Cl)cc1C(O)c1cccc2ccccc12. The molecular formula is C26H23ClN2O5S. The van der Waals surface area contributed by atoms with Crippen molar-refractivity contribution in [1.82, 2.24) is 0 Å². The van der Waals surface area contributed by atoms with Gasteiger partial charge in [0.05, 0.1) is 4.90 Å². The minimum atomic E-state index is -3.84. The van der Waals surface area contributed by atoms with Gasteiger partial charge in [0.1, 0.15) is 11.9 Å². The second kappa shape index (κ2) is 10.1. The highest BCUT2D eigenvalue weighted by Gasteiger charge is 2.19. The van der Waals surface area contributed by atoms with E-state index >= 15 is 0 Å². The number of sulfonamides is 1. The van der Waals surface area contributed by atoms with Crippen LogP contribution in [0.4, 0.5) is 5.69 Å². The Bertz CT molecular complexity index is 1520. The summed E-state index contributed by atoms with van der Waals surface area (Å²) in [5.41, 5.74) is 2.07. The van der Waals surface area contributed by atoms with E-state index in [2.05, 4.69) is 5.32 Å². The van der Waals surface area contributed by atoms with Crippen LogP contribution in [0, 0.1) is 6.92 Å². The third-order valence-electron chi connectivity index (χ3n) is 5.54. The Morgan fingerprint density at radius 3 is 2.51 bits per heavy atom. The number of benzene rings is 4. The fourth-order valence-electron chi connectivity index (χ4n) is 3.80. The molecule has 1 amide bonds. The molecule has 1 unspecified atom stereocenters. The van der Waals surface area contributed by atoms with Gasteiger partial charge in [0.25, 0.3) is 5.91 Å². The highest BCUT2D eigenvalue weighted by atomic mass is 35.5. The third kappa shape index (κ3) is 5.63. The normalized spacial score (nSPS) is 12.3. The fourth-order valence-corrected chi connectivity index (χ4v) is 4.58. The van der Waals surface area contributed by atoms with E-state index in [1.165, 1.54) is 18.2 Å². The maximum absolute atomic E-state index is 12.5. The van der Waals surface area contributed by atoms with E-state index in [0.717, 1.165) is 10.8 Å². The van der Waals surface area contributed by atoms with Gasteiger partial charge in [0.15, 0.2) is 6.61 Å². The standard InChI is InChI=1S/C26H23ClN2O5S/c1-16-13-19(35(28,32)33)10-11-23(16)29-25(30)15-34-24-12-9-18(27)14-22(24)26(31)21-8-4-6-17-5-2-3-7-20(17)21/h2-14,26,31H,15H2,1H3,(H,29,30)(H2,28,32,33).